The first-order chi connectivity index (χ1) is 11.6. The first-order valence-electron chi connectivity index (χ1n) is 7.46. The number of fused-ring (bicyclic) bond motifs is 2. The lowest BCUT2D eigenvalue weighted by Crippen LogP contribution is -2.52. The molecule has 0 bridgehead atoms. The van der Waals surface area contributed by atoms with Gasteiger partial charge in [-0.2, -0.15) is 13.2 Å². The van der Waals surface area contributed by atoms with Gasteiger partial charge in [-0.3, -0.25) is 9.59 Å². The van der Waals surface area contributed by atoms with Crippen LogP contribution in [0.5, 0.6) is 0 Å². The monoisotopic (exact) mass is 353 g/mol. The van der Waals surface area contributed by atoms with Crippen LogP contribution in [0.4, 0.5) is 18.9 Å². The second-order valence-electron chi connectivity index (χ2n) is 5.98. The van der Waals surface area contributed by atoms with Crippen LogP contribution in [0.15, 0.2) is 34.9 Å². The van der Waals surface area contributed by atoms with E-state index in [9.17, 15) is 27.9 Å². The summed E-state index contributed by atoms with van der Waals surface area (Å²) in [6.45, 7) is 0.382. The molecule has 132 valence electrons. The highest BCUT2D eigenvalue weighted by atomic mass is 19.4. The molecule has 25 heavy (non-hydrogen) atoms. The fraction of sp³-hybridized carbons (Fsp3) is 0.294. The summed E-state index contributed by atoms with van der Waals surface area (Å²) in [7, 11) is 0. The van der Waals surface area contributed by atoms with Crippen molar-refractivity contribution < 1.29 is 32.3 Å². The fourth-order valence-corrected chi connectivity index (χ4v) is 2.61. The second-order valence-corrected chi connectivity index (χ2v) is 5.98. The van der Waals surface area contributed by atoms with E-state index in [4.69, 9.17) is 4.42 Å². The van der Waals surface area contributed by atoms with E-state index in [1.54, 1.807) is 6.07 Å². The third kappa shape index (κ3) is 2.93. The van der Waals surface area contributed by atoms with Crippen LogP contribution in [0.2, 0.25) is 0 Å². The first kappa shape index (κ1) is 17.2. The Hall–Kier alpha value is -2.61. The molecular weight excluding hydrogens is 339 g/mol. The highest BCUT2D eigenvalue weighted by Gasteiger charge is 2.55. The van der Waals surface area contributed by atoms with Crippen molar-refractivity contribution in [2.45, 2.75) is 31.5 Å². The molecule has 0 aliphatic heterocycles. The van der Waals surface area contributed by atoms with Crippen LogP contribution >= 0.6 is 0 Å². The summed E-state index contributed by atoms with van der Waals surface area (Å²) in [4.78, 5) is 24.2. The van der Waals surface area contributed by atoms with Crippen molar-refractivity contribution in [3.8, 4) is 0 Å². The number of hydrogen-bond acceptors (Lipinski definition) is 4. The van der Waals surface area contributed by atoms with Gasteiger partial charge in [-0.1, -0.05) is 0 Å². The van der Waals surface area contributed by atoms with Crippen molar-refractivity contribution in [3.63, 3.8) is 0 Å². The van der Waals surface area contributed by atoms with Crippen LogP contribution in [0.3, 0.4) is 0 Å². The minimum absolute atomic E-state index is 0.0691. The van der Waals surface area contributed by atoms with Crippen molar-refractivity contribution in [1.82, 2.24) is 0 Å². The van der Waals surface area contributed by atoms with Gasteiger partial charge in [0.15, 0.2) is 5.78 Å². The average Bonchev–Trinajstić information content (AvgIpc) is 2.95. The standard InChI is InChI=1S/C17H14F3NO4/c1-16(24,17(18,19)20)15(23)21-10-3-4-11-9(8-10)2-5-13-12(14(11)22)6-7-25-13/h3-4,6-8,24H,2,5H2,1H3,(H,21,23). The summed E-state index contributed by atoms with van der Waals surface area (Å²) < 4.78 is 43.4. The molecule has 2 N–H and O–H groups in total. The molecule has 1 amide bonds. The SMILES string of the molecule is CC(O)(C(=O)Nc1ccc2c(c1)CCc1occc1C2=O)C(F)(F)F. The van der Waals surface area contributed by atoms with E-state index in [1.165, 1.54) is 24.5 Å². The fourth-order valence-electron chi connectivity index (χ4n) is 2.61. The number of amides is 1. The average molecular weight is 353 g/mol. The summed E-state index contributed by atoms with van der Waals surface area (Å²) >= 11 is 0. The molecule has 0 radical (unpaired) electrons. The van der Waals surface area contributed by atoms with E-state index in [0.717, 1.165) is 0 Å². The number of rotatable bonds is 2. The van der Waals surface area contributed by atoms with Crippen LogP contribution in [0.25, 0.3) is 0 Å². The molecule has 0 saturated carbocycles. The predicted octanol–water partition coefficient (Wildman–Crippen LogP) is 2.86. The van der Waals surface area contributed by atoms with E-state index in [2.05, 4.69) is 0 Å². The summed E-state index contributed by atoms with van der Waals surface area (Å²) in [5.41, 5.74) is -2.01. The molecule has 2 aromatic rings. The van der Waals surface area contributed by atoms with Gasteiger partial charge in [0.2, 0.25) is 5.60 Å². The highest BCUT2D eigenvalue weighted by Crippen LogP contribution is 2.32. The largest absolute Gasteiger partial charge is 0.469 e. The number of halogens is 3. The molecule has 3 rings (SSSR count). The Morgan fingerprint density at radius 2 is 1.92 bits per heavy atom. The van der Waals surface area contributed by atoms with Gasteiger partial charge in [0, 0.05) is 17.7 Å². The molecule has 1 heterocycles. The maximum atomic E-state index is 12.7. The Labute approximate surface area is 140 Å². The number of furan rings is 1. The summed E-state index contributed by atoms with van der Waals surface area (Å²) in [6, 6.07) is 5.77. The molecule has 1 unspecified atom stereocenters. The zero-order valence-corrected chi connectivity index (χ0v) is 13.1. The number of aryl methyl sites for hydroxylation is 2. The molecule has 1 atom stereocenters. The van der Waals surface area contributed by atoms with Crippen molar-refractivity contribution in [2.75, 3.05) is 5.32 Å². The maximum absolute atomic E-state index is 12.7. The number of anilines is 1. The first-order valence-corrected chi connectivity index (χ1v) is 7.46. The van der Waals surface area contributed by atoms with E-state index < -0.39 is 17.7 Å². The Morgan fingerprint density at radius 3 is 2.60 bits per heavy atom. The van der Waals surface area contributed by atoms with Gasteiger partial charge in [-0.05, 0) is 43.2 Å². The molecule has 1 aromatic heterocycles. The van der Waals surface area contributed by atoms with Crippen molar-refractivity contribution in [2.24, 2.45) is 0 Å². The highest BCUT2D eigenvalue weighted by molar-refractivity contribution is 6.11. The quantitative estimate of drug-likeness (QED) is 0.870. The molecular formula is C17H14F3NO4. The van der Waals surface area contributed by atoms with Gasteiger partial charge >= 0.3 is 6.18 Å². The molecule has 0 saturated heterocycles. The number of carbonyl (C=O) groups excluding carboxylic acids is 2. The van der Waals surface area contributed by atoms with Crippen LogP contribution in [0.1, 0.15) is 34.2 Å². The normalized spacial score (nSPS) is 16.4. The lowest BCUT2D eigenvalue weighted by Gasteiger charge is -2.25. The number of hydrogen-bond donors (Lipinski definition) is 2. The molecule has 1 aromatic carbocycles. The third-order valence-electron chi connectivity index (χ3n) is 4.21. The lowest BCUT2D eigenvalue weighted by molar-refractivity contribution is -0.242. The van der Waals surface area contributed by atoms with Crippen LogP contribution in [-0.2, 0) is 17.6 Å². The van der Waals surface area contributed by atoms with Gasteiger partial charge in [0.1, 0.15) is 5.76 Å². The molecule has 0 fully saturated rings. The summed E-state index contributed by atoms with van der Waals surface area (Å²) in [5, 5.41) is 11.4. The lowest BCUT2D eigenvalue weighted by atomic mass is 9.99. The molecule has 1 aliphatic rings. The second kappa shape index (κ2) is 5.73. The Morgan fingerprint density at radius 1 is 1.20 bits per heavy atom. The molecule has 1 aliphatic carbocycles. The Bertz CT molecular complexity index is 852. The number of alkyl halides is 3. The minimum Gasteiger partial charge on any atom is -0.469 e. The molecule has 5 nitrogen and oxygen atoms in total. The molecule has 8 heteroatoms. The Kier molecular flexibility index (Phi) is 3.95. The summed E-state index contributed by atoms with van der Waals surface area (Å²) in [5.74, 6) is -1.28. The van der Waals surface area contributed by atoms with E-state index in [0.29, 0.717) is 42.2 Å². The number of aliphatic hydroxyl groups is 1. The van der Waals surface area contributed by atoms with E-state index in [-0.39, 0.29) is 11.5 Å². The van der Waals surface area contributed by atoms with Crippen molar-refractivity contribution in [1.29, 1.82) is 0 Å². The number of nitrogens with one attached hydrogen (secondary N) is 1. The van der Waals surface area contributed by atoms with Gasteiger partial charge in [0.05, 0.1) is 11.8 Å². The van der Waals surface area contributed by atoms with Crippen molar-refractivity contribution >= 4 is 17.4 Å². The number of benzene rings is 1. The maximum Gasteiger partial charge on any atom is 0.426 e. The summed E-state index contributed by atoms with van der Waals surface area (Å²) in [6.07, 6.45) is -2.78. The van der Waals surface area contributed by atoms with E-state index >= 15 is 0 Å². The van der Waals surface area contributed by atoms with Gasteiger partial charge in [0.25, 0.3) is 5.91 Å². The smallest absolute Gasteiger partial charge is 0.426 e. The van der Waals surface area contributed by atoms with Crippen LogP contribution < -0.4 is 5.32 Å². The minimum atomic E-state index is -5.10. The number of ketones is 1. The Balaban J connectivity index is 1.87. The number of carbonyl (C=O) groups is 2. The zero-order chi connectivity index (χ0) is 18.4. The topological polar surface area (TPSA) is 79.5 Å². The van der Waals surface area contributed by atoms with Crippen molar-refractivity contribution in [3.05, 3.63) is 53.0 Å². The zero-order valence-electron chi connectivity index (χ0n) is 13.1. The van der Waals surface area contributed by atoms with Gasteiger partial charge < -0.3 is 14.8 Å². The van der Waals surface area contributed by atoms with Crippen LogP contribution in [-0.4, -0.2) is 28.6 Å². The van der Waals surface area contributed by atoms with Crippen LogP contribution in [0, 0.1) is 0 Å². The third-order valence-corrected chi connectivity index (χ3v) is 4.21. The van der Waals surface area contributed by atoms with Gasteiger partial charge in [-0.15, -0.1) is 0 Å². The predicted molar refractivity (Wildman–Crippen MR) is 81.3 cm³/mol. The van der Waals surface area contributed by atoms with E-state index in [1.807, 2.05) is 5.32 Å². The molecule has 0 spiro atoms. The van der Waals surface area contributed by atoms with Gasteiger partial charge in [-0.25, -0.2) is 0 Å².